The number of anilines is 1. The first kappa shape index (κ1) is 32.9. The van der Waals surface area contributed by atoms with Crippen molar-refractivity contribution in [2.45, 2.75) is 51.5 Å². The molecule has 0 aromatic heterocycles. The number of nitrogens with one attached hydrogen (secondary N) is 1. The molecule has 226 valence electrons. The van der Waals surface area contributed by atoms with E-state index >= 15 is 0 Å². The summed E-state index contributed by atoms with van der Waals surface area (Å²) < 4.78 is 66.5. The molecule has 0 fully saturated rings. The second-order valence-electron chi connectivity index (χ2n) is 9.99. The van der Waals surface area contributed by atoms with Crippen LogP contribution in [0.25, 0.3) is 0 Å². The first-order valence-electron chi connectivity index (χ1n) is 13.2. The van der Waals surface area contributed by atoms with Gasteiger partial charge in [-0.15, -0.1) is 0 Å². The van der Waals surface area contributed by atoms with Crippen LogP contribution in [0.2, 0.25) is 5.02 Å². The summed E-state index contributed by atoms with van der Waals surface area (Å²) >= 11 is 6.18. The number of hydrogen-bond acceptors (Lipinski definition) is 4. The minimum atomic E-state index is -4.73. The summed E-state index contributed by atoms with van der Waals surface area (Å²) in [7, 11) is -4.22. The van der Waals surface area contributed by atoms with Gasteiger partial charge in [0.05, 0.1) is 17.5 Å². The summed E-state index contributed by atoms with van der Waals surface area (Å²) in [4.78, 5) is 28.9. The number of nitrogens with zero attached hydrogens (tertiary/aromatic N) is 2. The first-order chi connectivity index (χ1) is 19.7. The van der Waals surface area contributed by atoms with E-state index in [4.69, 9.17) is 11.6 Å². The monoisotopic (exact) mass is 623 g/mol. The third-order valence-electron chi connectivity index (χ3n) is 6.65. The summed E-state index contributed by atoms with van der Waals surface area (Å²) in [6.45, 7) is 2.78. The smallest absolute Gasteiger partial charge is 0.352 e. The van der Waals surface area contributed by atoms with Crippen LogP contribution < -0.4 is 9.62 Å². The fourth-order valence-electron chi connectivity index (χ4n) is 4.28. The topological polar surface area (TPSA) is 86.8 Å². The van der Waals surface area contributed by atoms with E-state index in [0.717, 1.165) is 24.0 Å². The normalized spacial score (nSPS) is 13.2. The largest absolute Gasteiger partial charge is 0.416 e. The van der Waals surface area contributed by atoms with Crippen molar-refractivity contribution in [3.8, 4) is 0 Å². The molecule has 3 rings (SSSR count). The molecule has 0 saturated carbocycles. The third kappa shape index (κ3) is 9.22. The lowest BCUT2D eigenvalue weighted by molar-refractivity contribution is -0.140. The SMILES string of the molecule is CC[C@H](C)NC(=O)[C@H](Cc1ccccc1)N(Cc1cccc(Cl)c1)C(=O)CN(c1cccc(C(F)(F)F)c1)S(C)(=O)=O. The van der Waals surface area contributed by atoms with Crippen molar-refractivity contribution in [3.05, 3.63) is 101 Å². The van der Waals surface area contributed by atoms with Gasteiger partial charge in [0, 0.05) is 24.0 Å². The second kappa shape index (κ2) is 14.1. The number of carbonyl (C=O) groups excluding carboxylic acids is 2. The van der Waals surface area contributed by atoms with Gasteiger partial charge in [0.15, 0.2) is 0 Å². The highest BCUT2D eigenvalue weighted by molar-refractivity contribution is 7.92. The number of sulfonamides is 1. The summed E-state index contributed by atoms with van der Waals surface area (Å²) in [5, 5.41) is 3.30. The van der Waals surface area contributed by atoms with Crippen molar-refractivity contribution >= 4 is 39.1 Å². The van der Waals surface area contributed by atoms with Crippen LogP contribution in [0.4, 0.5) is 18.9 Å². The van der Waals surface area contributed by atoms with E-state index in [2.05, 4.69) is 5.32 Å². The lowest BCUT2D eigenvalue weighted by Crippen LogP contribution is -2.54. The summed E-state index contributed by atoms with van der Waals surface area (Å²) in [6, 6.07) is 18.1. The predicted octanol–water partition coefficient (Wildman–Crippen LogP) is 5.68. The van der Waals surface area contributed by atoms with Crippen LogP contribution in [0.1, 0.15) is 37.0 Å². The lowest BCUT2D eigenvalue weighted by Gasteiger charge is -2.34. The van der Waals surface area contributed by atoms with Crippen molar-refractivity contribution in [1.29, 1.82) is 0 Å². The molecule has 3 aromatic carbocycles. The zero-order valence-electron chi connectivity index (χ0n) is 23.4. The van der Waals surface area contributed by atoms with Crippen LogP contribution >= 0.6 is 11.6 Å². The van der Waals surface area contributed by atoms with E-state index in [0.29, 0.717) is 27.4 Å². The van der Waals surface area contributed by atoms with Crippen molar-refractivity contribution < 1.29 is 31.2 Å². The molecular weight excluding hydrogens is 591 g/mol. The zero-order chi connectivity index (χ0) is 31.1. The Kier molecular flexibility index (Phi) is 11.0. The molecule has 2 amide bonds. The molecule has 0 unspecified atom stereocenters. The number of rotatable bonds is 12. The molecule has 12 heteroatoms. The van der Waals surface area contributed by atoms with Crippen LogP contribution in [0.3, 0.4) is 0 Å². The highest BCUT2D eigenvalue weighted by Crippen LogP contribution is 2.32. The molecule has 0 bridgehead atoms. The van der Waals surface area contributed by atoms with Crippen molar-refractivity contribution in [2.24, 2.45) is 0 Å². The minimum absolute atomic E-state index is 0.106. The molecule has 7 nitrogen and oxygen atoms in total. The van der Waals surface area contributed by atoms with Gasteiger partial charge in [-0.3, -0.25) is 13.9 Å². The maximum Gasteiger partial charge on any atom is 0.416 e. The summed E-state index contributed by atoms with van der Waals surface area (Å²) in [6.07, 6.45) is -3.18. The van der Waals surface area contributed by atoms with Crippen LogP contribution in [0.15, 0.2) is 78.9 Å². The quantitative estimate of drug-likeness (QED) is 0.281. The average molecular weight is 624 g/mol. The van der Waals surface area contributed by atoms with Gasteiger partial charge in [-0.25, -0.2) is 8.42 Å². The first-order valence-corrected chi connectivity index (χ1v) is 15.4. The molecule has 42 heavy (non-hydrogen) atoms. The molecule has 0 aliphatic heterocycles. The molecule has 0 radical (unpaired) electrons. The summed E-state index contributed by atoms with van der Waals surface area (Å²) in [5.41, 5.74) is -0.0578. The molecular formula is C30H33ClF3N3O4S. The van der Waals surface area contributed by atoms with E-state index < -0.39 is 46.2 Å². The Morgan fingerprint density at radius 2 is 1.60 bits per heavy atom. The Morgan fingerprint density at radius 3 is 2.19 bits per heavy atom. The Hall–Kier alpha value is -3.57. The van der Waals surface area contributed by atoms with E-state index in [1.54, 1.807) is 48.5 Å². The van der Waals surface area contributed by atoms with Crippen molar-refractivity contribution in [2.75, 3.05) is 17.1 Å². The molecule has 1 N–H and O–H groups in total. The van der Waals surface area contributed by atoms with Gasteiger partial charge >= 0.3 is 6.18 Å². The Balaban J connectivity index is 2.09. The minimum Gasteiger partial charge on any atom is -0.352 e. The fourth-order valence-corrected chi connectivity index (χ4v) is 5.33. The van der Waals surface area contributed by atoms with Crippen LogP contribution in [-0.2, 0) is 38.8 Å². The van der Waals surface area contributed by atoms with Crippen LogP contribution in [0.5, 0.6) is 0 Å². The van der Waals surface area contributed by atoms with Crippen molar-refractivity contribution in [3.63, 3.8) is 0 Å². The van der Waals surface area contributed by atoms with Gasteiger partial charge in [-0.1, -0.05) is 67.1 Å². The van der Waals surface area contributed by atoms with Crippen LogP contribution in [-0.4, -0.2) is 50.0 Å². The van der Waals surface area contributed by atoms with Gasteiger partial charge in [-0.05, 0) is 54.8 Å². The highest BCUT2D eigenvalue weighted by atomic mass is 35.5. The highest BCUT2D eigenvalue weighted by Gasteiger charge is 2.35. The Labute approximate surface area is 249 Å². The maximum absolute atomic E-state index is 14.0. The Bertz CT molecular complexity index is 1490. The zero-order valence-corrected chi connectivity index (χ0v) is 25.0. The van der Waals surface area contributed by atoms with E-state index in [1.807, 2.05) is 19.9 Å². The number of hydrogen-bond donors (Lipinski definition) is 1. The van der Waals surface area contributed by atoms with Crippen molar-refractivity contribution in [1.82, 2.24) is 10.2 Å². The number of carbonyl (C=O) groups is 2. The van der Waals surface area contributed by atoms with Gasteiger partial charge in [0.1, 0.15) is 12.6 Å². The average Bonchev–Trinajstić information content (AvgIpc) is 2.93. The molecule has 0 aliphatic rings. The molecule has 0 spiro atoms. The van der Waals surface area contributed by atoms with Crippen LogP contribution in [0, 0.1) is 0 Å². The maximum atomic E-state index is 14.0. The van der Waals surface area contributed by atoms with E-state index in [-0.39, 0.29) is 24.7 Å². The van der Waals surface area contributed by atoms with Gasteiger partial charge in [0.2, 0.25) is 21.8 Å². The number of benzene rings is 3. The lowest BCUT2D eigenvalue weighted by atomic mass is 10.0. The predicted molar refractivity (Wildman–Crippen MR) is 157 cm³/mol. The van der Waals surface area contributed by atoms with Gasteiger partial charge < -0.3 is 10.2 Å². The molecule has 0 saturated heterocycles. The second-order valence-corrected chi connectivity index (χ2v) is 12.3. The van der Waals surface area contributed by atoms with Gasteiger partial charge in [0.25, 0.3) is 0 Å². The number of alkyl halides is 3. The number of halogens is 4. The van der Waals surface area contributed by atoms with E-state index in [9.17, 15) is 31.2 Å². The standard InChI is InChI=1S/C30H33ClF3N3O4S/c1-4-21(2)35-29(39)27(17-22-10-6-5-7-11-22)36(19-23-12-8-14-25(31)16-23)28(38)20-37(42(3,40)41)26-15-9-13-24(18-26)30(32,33)34/h5-16,18,21,27H,4,17,19-20H2,1-3H3,(H,35,39)/t21-,27-/m0/s1. The third-order valence-corrected chi connectivity index (χ3v) is 8.03. The molecule has 3 aromatic rings. The molecule has 2 atom stereocenters. The fraction of sp³-hybridized carbons (Fsp3) is 0.333. The molecule has 0 heterocycles. The molecule has 0 aliphatic carbocycles. The van der Waals surface area contributed by atoms with Gasteiger partial charge in [-0.2, -0.15) is 13.2 Å². The number of amides is 2. The van der Waals surface area contributed by atoms with E-state index in [1.165, 1.54) is 11.0 Å². The Morgan fingerprint density at radius 1 is 0.952 bits per heavy atom. The summed E-state index contributed by atoms with van der Waals surface area (Å²) in [5.74, 6) is -1.23.